The largest absolute Gasteiger partial charge is 0.356 e. The Hall–Kier alpha value is -1.36. The minimum absolute atomic E-state index is 0.461. The molecule has 4 rings (SSSR count). The van der Waals surface area contributed by atoms with Crippen LogP contribution < -0.4 is 10.2 Å². The zero-order chi connectivity index (χ0) is 19.9. The summed E-state index contributed by atoms with van der Waals surface area (Å²) in [5, 5.41) is 3.71. The molecule has 5 nitrogen and oxygen atoms in total. The van der Waals surface area contributed by atoms with Crippen molar-refractivity contribution in [2.45, 2.75) is 96.1 Å². The molecule has 2 saturated heterocycles. The molecule has 1 saturated carbocycles. The van der Waals surface area contributed by atoms with Gasteiger partial charge in [0, 0.05) is 37.9 Å². The van der Waals surface area contributed by atoms with Crippen LogP contribution in [0, 0.1) is 5.92 Å². The molecule has 3 aliphatic rings. The Kier molecular flexibility index (Phi) is 7.64. The van der Waals surface area contributed by atoms with Gasteiger partial charge >= 0.3 is 0 Å². The zero-order valence-corrected chi connectivity index (χ0v) is 18.5. The molecular formula is C24H41N5. The minimum atomic E-state index is 0.461. The highest BCUT2D eigenvalue weighted by molar-refractivity contribution is 5.43. The number of rotatable bonds is 5. The summed E-state index contributed by atoms with van der Waals surface area (Å²) < 4.78 is 0. The van der Waals surface area contributed by atoms with Crippen LogP contribution in [-0.2, 0) is 0 Å². The summed E-state index contributed by atoms with van der Waals surface area (Å²) in [5.74, 6) is 2.82. The second-order valence-corrected chi connectivity index (χ2v) is 9.61. The van der Waals surface area contributed by atoms with Crippen LogP contribution in [0.2, 0.25) is 0 Å². The maximum absolute atomic E-state index is 4.91. The molecule has 3 heterocycles. The molecule has 1 aromatic heterocycles. The molecule has 0 amide bonds. The Morgan fingerprint density at radius 3 is 2.38 bits per heavy atom. The molecule has 2 aliphatic heterocycles. The van der Waals surface area contributed by atoms with Crippen molar-refractivity contribution in [1.82, 2.24) is 14.9 Å². The summed E-state index contributed by atoms with van der Waals surface area (Å²) >= 11 is 0. The standard InChI is InChI=1S/C24H41N5/c1-20(21-11-5-4-6-12-21)29-18-10-7-13-22(19-29)26-24-25-15-14-23(27-24)28-16-8-2-3-9-17-28/h14-15,20-22H,2-13,16-19H2,1H3,(H,25,26,27). The molecule has 3 fully saturated rings. The van der Waals surface area contributed by atoms with Gasteiger partial charge in [0.05, 0.1) is 0 Å². The van der Waals surface area contributed by atoms with Crippen molar-refractivity contribution in [3.8, 4) is 0 Å². The van der Waals surface area contributed by atoms with Gasteiger partial charge < -0.3 is 10.2 Å². The van der Waals surface area contributed by atoms with Crippen molar-refractivity contribution in [3.63, 3.8) is 0 Å². The van der Waals surface area contributed by atoms with E-state index >= 15 is 0 Å². The third kappa shape index (κ3) is 5.84. The van der Waals surface area contributed by atoms with Gasteiger partial charge in [0.1, 0.15) is 5.82 Å². The predicted octanol–water partition coefficient (Wildman–Crippen LogP) is 5.09. The van der Waals surface area contributed by atoms with E-state index in [2.05, 4.69) is 33.1 Å². The fourth-order valence-electron chi connectivity index (χ4n) is 5.65. The Labute approximate surface area is 177 Å². The van der Waals surface area contributed by atoms with Crippen LogP contribution in [0.5, 0.6) is 0 Å². The van der Waals surface area contributed by atoms with Crippen molar-refractivity contribution < 1.29 is 0 Å². The molecule has 2 unspecified atom stereocenters. The minimum Gasteiger partial charge on any atom is -0.356 e. The maximum Gasteiger partial charge on any atom is 0.224 e. The molecule has 0 spiro atoms. The van der Waals surface area contributed by atoms with Crippen molar-refractivity contribution in [3.05, 3.63) is 12.3 Å². The number of anilines is 2. The molecular weight excluding hydrogens is 358 g/mol. The first-order valence-corrected chi connectivity index (χ1v) is 12.4. The second-order valence-electron chi connectivity index (χ2n) is 9.61. The lowest BCUT2D eigenvalue weighted by molar-refractivity contribution is 0.131. The van der Waals surface area contributed by atoms with Crippen LogP contribution in [0.15, 0.2) is 12.3 Å². The maximum atomic E-state index is 4.91. The van der Waals surface area contributed by atoms with Gasteiger partial charge in [0.15, 0.2) is 0 Å². The summed E-state index contributed by atoms with van der Waals surface area (Å²) in [6.07, 6.45) is 18.2. The SMILES string of the molecule is CC(C1CCCCC1)N1CCCCC(Nc2nccc(N3CCCCCC3)n2)C1. The van der Waals surface area contributed by atoms with Crippen LogP contribution in [-0.4, -0.2) is 53.1 Å². The fraction of sp³-hybridized carbons (Fsp3) is 0.833. The average molecular weight is 400 g/mol. The summed E-state index contributed by atoms with van der Waals surface area (Å²) in [7, 11) is 0. The van der Waals surface area contributed by atoms with Crippen LogP contribution in [0.3, 0.4) is 0 Å². The molecule has 1 aliphatic carbocycles. The van der Waals surface area contributed by atoms with Gasteiger partial charge in [-0.15, -0.1) is 0 Å². The molecule has 0 aromatic carbocycles. The van der Waals surface area contributed by atoms with E-state index in [1.165, 1.54) is 83.6 Å². The Bertz CT molecular complexity index is 607. The highest BCUT2D eigenvalue weighted by atomic mass is 15.2. The van der Waals surface area contributed by atoms with E-state index in [1.807, 2.05) is 6.20 Å². The lowest BCUT2D eigenvalue weighted by Gasteiger charge is -2.37. The van der Waals surface area contributed by atoms with Crippen LogP contribution >= 0.6 is 0 Å². The van der Waals surface area contributed by atoms with Crippen molar-refractivity contribution in [2.24, 2.45) is 5.92 Å². The fourth-order valence-corrected chi connectivity index (χ4v) is 5.65. The number of nitrogens with one attached hydrogen (secondary N) is 1. The van der Waals surface area contributed by atoms with Crippen molar-refractivity contribution in [2.75, 3.05) is 36.4 Å². The van der Waals surface area contributed by atoms with Crippen LogP contribution in [0.4, 0.5) is 11.8 Å². The number of hydrogen-bond donors (Lipinski definition) is 1. The Morgan fingerprint density at radius 1 is 0.897 bits per heavy atom. The molecule has 0 bridgehead atoms. The van der Waals surface area contributed by atoms with Gasteiger partial charge in [-0.05, 0) is 64.0 Å². The normalized spacial score (nSPS) is 26.5. The van der Waals surface area contributed by atoms with E-state index < -0.39 is 0 Å². The van der Waals surface area contributed by atoms with E-state index in [0.29, 0.717) is 12.1 Å². The van der Waals surface area contributed by atoms with Gasteiger partial charge in [-0.25, -0.2) is 4.98 Å². The highest BCUT2D eigenvalue weighted by Gasteiger charge is 2.28. The van der Waals surface area contributed by atoms with Crippen LogP contribution in [0.25, 0.3) is 0 Å². The third-order valence-electron chi connectivity index (χ3n) is 7.51. The van der Waals surface area contributed by atoms with E-state index in [4.69, 9.17) is 4.98 Å². The molecule has 29 heavy (non-hydrogen) atoms. The topological polar surface area (TPSA) is 44.3 Å². The Morgan fingerprint density at radius 2 is 1.59 bits per heavy atom. The monoisotopic (exact) mass is 399 g/mol. The lowest BCUT2D eigenvalue weighted by Crippen LogP contribution is -2.44. The smallest absolute Gasteiger partial charge is 0.224 e. The molecule has 1 N–H and O–H groups in total. The van der Waals surface area contributed by atoms with E-state index in [0.717, 1.165) is 37.3 Å². The van der Waals surface area contributed by atoms with Crippen molar-refractivity contribution in [1.29, 1.82) is 0 Å². The first kappa shape index (κ1) is 20.9. The Balaban J connectivity index is 1.38. The summed E-state index contributed by atoms with van der Waals surface area (Å²) in [4.78, 5) is 14.7. The molecule has 162 valence electrons. The quantitative estimate of drug-likeness (QED) is 0.747. The lowest BCUT2D eigenvalue weighted by atomic mass is 9.84. The molecule has 1 aromatic rings. The number of likely N-dealkylation sites (tertiary alicyclic amines) is 1. The van der Waals surface area contributed by atoms with Gasteiger partial charge in [0.2, 0.25) is 5.95 Å². The predicted molar refractivity (Wildman–Crippen MR) is 122 cm³/mol. The van der Waals surface area contributed by atoms with Gasteiger partial charge in [-0.3, -0.25) is 4.90 Å². The van der Waals surface area contributed by atoms with Crippen LogP contribution in [0.1, 0.15) is 84.0 Å². The first-order chi connectivity index (χ1) is 14.3. The molecule has 0 radical (unpaired) electrons. The summed E-state index contributed by atoms with van der Waals surface area (Å²) in [6.45, 7) is 7.13. The number of nitrogens with zero attached hydrogens (tertiary/aromatic N) is 4. The number of aromatic nitrogens is 2. The summed E-state index contributed by atoms with van der Waals surface area (Å²) in [6, 6.07) is 3.26. The highest BCUT2D eigenvalue weighted by Crippen LogP contribution is 2.30. The van der Waals surface area contributed by atoms with Gasteiger partial charge in [0.25, 0.3) is 0 Å². The van der Waals surface area contributed by atoms with E-state index in [1.54, 1.807) is 0 Å². The number of hydrogen-bond acceptors (Lipinski definition) is 5. The third-order valence-corrected chi connectivity index (χ3v) is 7.51. The zero-order valence-electron chi connectivity index (χ0n) is 18.5. The second kappa shape index (κ2) is 10.6. The molecule has 2 atom stereocenters. The average Bonchev–Trinajstić information content (AvgIpc) is 3.17. The van der Waals surface area contributed by atoms with E-state index in [9.17, 15) is 0 Å². The first-order valence-electron chi connectivity index (χ1n) is 12.4. The summed E-state index contributed by atoms with van der Waals surface area (Å²) in [5.41, 5.74) is 0. The van der Waals surface area contributed by atoms with Crippen molar-refractivity contribution >= 4 is 11.8 Å². The van der Waals surface area contributed by atoms with Gasteiger partial charge in [-0.1, -0.05) is 38.5 Å². The van der Waals surface area contributed by atoms with E-state index in [-0.39, 0.29) is 0 Å². The van der Waals surface area contributed by atoms with Gasteiger partial charge in [-0.2, -0.15) is 4.98 Å². The molecule has 5 heteroatoms.